The van der Waals surface area contributed by atoms with Crippen molar-refractivity contribution < 1.29 is 5.11 Å². The van der Waals surface area contributed by atoms with Crippen molar-refractivity contribution in [1.82, 2.24) is 4.98 Å². The summed E-state index contributed by atoms with van der Waals surface area (Å²) in [7, 11) is 0. The fraction of sp³-hybridized carbons (Fsp3) is 0.643. The number of aryl methyl sites for hydroxylation is 1. The van der Waals surface area contributed by atoms with Gasteiger partial charge in [0.15, 0.2) is 0 Å². The van der Waals surface area contributed by atoms with Crippen molar-refractivity contribution in [2.45, 2.75) is 57.4 Å². The summed E-state index contributed by atoms with van der Waals surface area (Å²) in [5, 5.41) is 10.4. The SMILES string of the molecule is CCCCCCCCSc1nc(C)ccc1O. The van der Waals surface area contributed by atoms with Crippen LogP contribution in [-0.4, -0.2) is 15.8 Å². The summed E-state index contributed by atoms with van der Waals surface area (Å²) in [5.74, 6) is 1.36. The van der Waals surface area contributed by atoms with Gasteiger partial charge in [-0.1, -0.05) is 39.0 Å². The molecule has 0 aliphatic rings. The van der Waals surface area contributed by atoms with Gasteiger partial charge in [-0.15, -0.1) is 11.8 Å². The fourth-order valence-electron chi connectivity index (χ4n) is 1.68. The van der Waals surface area contributed by atoms with Gasteiger partial charge in [-0.25, -0.2) is 4.98 Å². The summed E-state index contributed by atoms with van der Waals surface area (Å²) in [5.41, 5.74) is 0.966. The molecular weight excluding hydrogens is 230 g/mol. The topological polar surface area (TPSA) is 33.1 Å². The zero-order valence-corrected chi connectivity index (χ0v) is 11.7. The Labute approximate surface area is 109 Å². The molecule has 2 nitrogen and oxygen atoms in total. The number of aromatic nitrogens is 1. The summed E-state index contributed by atoms with van der Waals surface area (Å²) in [6, 6.07) is 3.57. The number of hydrogen-bond acceptors (Lipinski definition) is 3. The molecule has 0 saturated carbocycles. The number of unbranched alkanes of at least 4 members (excludes halogenated alkanes) is 5. The van der Waals surface area contributed by atoms with E-state index in [-0.39, 0.29) is 0 Å². The largest absolute Gasteiger partial charge is 0.505 e. The molecule has 1 rings (SSSR count). The zero-order valence-electron chi connectivity index (χ0n) is 10.9. The van der Waals surface area contributed by atoms with Crippen LogP contribution in [0.2, 0.25) is 0 Å². The molecule has 0 atom stereocenters. The molecule has 1 aromatic heterocycles. The third-order valence-corrected chi connectivity index (χ3v) is 3.78. The highest BCUT2D eigenvalue weighted by molar-refractivity contribution is 7.99. The average Bonchev–Trinajstić information content (AvgIpc) is 2.32. The van der Waals surface area contributed by atoms with Gasteiger partial charge in [0.25, 0.3) is 0 Å². The highest BCUT2D eigenvalue weighted by Gasteiger charge is 2.03. The van der Waals surface area contributed by atoms with Gasteiger partial charge in [0.05, 0.1) is 0 Å². The molecule has 0 fully saturated rings. The van der Waals surface area contributed by atoms with E-state index in [0.29, 0.717) is 5.75 Å². The maximum atomic E-state index is 9.62. The summed E-state index contributed by atoms with van der Waals surface area (Å²) in [6.07, 6.45) is 7.85. The monoisotopic (exact) mass is 253 g/mol. The molecule has 0 bridgehead atoms. The van der Waals surface area contributed by atoms with Gasteiger partial charge < -0.3 is 5.11 Å². The van der Waals surface area contributed by atoms with Crippen LogP contribution in [0.3, 0.4) is 0 Å². The van der Waals surface area contributed by atoms with Crippen molar-refractivity contribution in [3.63, 3.8) is 0 Å². The highest BCUT2D eigenvalue weighted by Crippen LogP contribution is 2.27. The second-order valence-electron chi connectivity index (χ2n) is 4.39. The molecule has 1 aromatic rings. The minimum atomic E-state index is 0.312. The Kier molecular flexibility index (Phi) is 7.10. The fourth-order valence-corrected chi connectivity index (χ4v) is 2.65. The molecule has 0 unspecified atom stereocenters. The Hall–Kier alpha value is -0.700. The predicted molar refractivity (Wildman–Crippen MR) is 74.7 cm³/mol. The molecule has 0 amide bonds. The quantitative estimate of drug-likeness (QED) is 0.545. The molecule has 3 heteroatoms. The molecule has 0 aliphatic carbocycles. The normalized spacial score (nSPS) is 10.7. The van der Waals surface area contributed by atoms with Crippen LogP contribution < -0.4 is 0 Å². The van der Waals surface area contributed by atoms with E-state index in [1.54, 1.807) is 17.8 Å². The van der Waals surface area contributed by atoms with E-state index < -0.39 is 0 Å². The van der Waals surface area contributed by atoms with E-state index in [9.17, 15) is 5.11 Å². The number of nitrogens with zero attached hydrogens (tertiary/aromatic N) is 1. The Balaban J connectivity index is 2.15. The molecule has 1 N–H and O–H groups in total. The molecule has 17 heavy (non-hydrogen) atoms. The first-order valence-corrected chi connectivity index (χ1v) is 7.52. The Bertz CT molecular complexity index is 328. The van der Waals surface area contributed by atoms with E-state index in [1.165, 1.54) is 38.5 Å². The van der Waals surface area contributed by atoms with Crippen LogP contribution in [0.25, 0.3) is 0 Å². The number of thioether (sulfide) groups is 1. The van der Waals surface area contributed by atoms with Gasteiger partial charge in [0, 0.05) is 5.69 Å². The van der Waals surface area contributed by atoms with Crippen LogP contribution >= 0.6 is 11.8 Å². The van der Waals surface area contributed by atoms with Gasteiger partial charge in [0.2, 0.25) is 0 Å². The molecule has 0 saturated heterocycles. The van der Waals surface area contributed by atoms with E-state index in [1.807, 2.05) is 13.0 Å². The van der Waals surface area contributed by atoms with Gasteiger partial charge in [-0.05, 0) is 31.2 Å². The molecular formula is C14H23NOS. The third-order valence-electron chi connectivity index (χ3n) is 2.72. The lowest BCUT2D eigenvalue weighted by atomic mass is 10.1. The predicted octanol–water partition coefficient (Wildman–Crippen LogP) is 4.55. The molecule has 96 valence electrons. The first-order chi connectivity index (χ1) is 8.24. The smallest absolute Gasteiger partial charge is 0.147 e. The lowest BCUT2D eigenvalue weighted by Crippen LogP contribution is -1.88. The maximum absolute atomic E-state index is 9.62. The van der Waals surface area contributed by atoms with Crippen LogP contribution in [0.5, 0.6) is 5.75 Å². The van der Waals surface area contributed by atoms with Gasteiger partial charge in [-0.2, -0.15) is 0 Å². The van der Waals surface area contributed by atoms with Crippen molar-refractivity contribution in [3.8, 4) is 5.75 Å². The van der Waals surface area contributed by atoms with Gasteiger partial charge in [0.1, 0.15) is 10.8 Å². The minimum absolute atomic E-state index is 0.312. The molecule has 0 aliphatic heterocycles. The van der Waals surface area contributed by atoms with Crippen LogP contribution in [0.15, 0.2) is 17.2 Å². The van der Waals surface area contributed by atoms with E-state index in [4.69, 9.17) is 0 Å². The van der Waals surface area contributed by atoms with Crippen LogP contribution in [0, 0.1) is 6.92 Å². The number of aromatic hydroxyl groups is 1. The third kappa shape index (κ3) is 5.97. The zero-order chi connectivity index (χ0) is 12.5. The van der Waals surface area contributed by atoms with Gasteiger partial charge in [-0.3, -0.25) is 0 Å². The summed E-state index contributed by atoms with van der Waals surface area (Å²) in [4.78, 5) is 4.33. The number of pyridine rings is 1. The van der Waals surface area contributed by atoms with E-state index in [0.717, 1.165) is 16.5 Å². The standard InChI is InChI=1S/C14H23NOS/c1-3-4-5-6-7-8-11-17-14-13(16)10-9-12(2)15-14/h9-10,16H,3-8,11H2,1-2H3. The van der Waals surface area contributed by atoms with Crippen molar-refractivity contribution in [2.24, 2.45) is 0 Å². The Morgan fingerprint density at radius 3 is 2.59 bits per heavy atom. The Morgan fingerprint density at radius 2 is 1.82 bits per heavy atom. The lowest BCUT2D eigenvalue weighted by Gasteiger charge is -2.04. The van der Waals surface area contributed by atoms with Crippen molar-refractivity contribution in [3.05, 3.63) is 17.8 Å². The first kappa shape index (κ1) is 14.4. The van der Waals surface area contributed by atoms with Crippen LogP contribution in [0.4, 0.5) is 0 Å². The van der Waals surface area contributed by atoms with Crippen molar-refractivity contribution >= 4 is 11.8 Å². The van der Waals surface area contributed by atoms with Crippen molar-refractivity contribution in [2.75, 3.05) is 5.75 Å². The summed E-state index contributed by atoms with van der Waals surface area (Å²) in [6.45, 7) is 4.19. The maximum Gasteiger partial charge on any atom is 0.147 e. The minimum Gasteiger partial charge on any atom is -0.505 e. The van der Waals surface area contributed by atoms with Crippen molar-refractivity contribution in [1.29, 1.82) is 0 Å². The second kappa shape index (κ2) is 8.40. The molecule has 0 aromatic carbocycles. The second-order valence-corrected chi connectivity index (χ2v) is 5.48. The summed E-state index contributed by atoms with van der Waals surface area (Å²) >= 11 is 1.66. The lowest BCUT2D eigenvalue weighted by molar-refractivity contribution is 0.456. The number of rotatable bonds is 8. The highest BCUT2D eigenvalue weighted by atomic mass is 32.2. The summed E-state index contributed by atoms with van der Waals surface area (Å²) < 4.78 is 0. The number of hydrogen-bond donors (Lipinski definition) is 1. The van der Waals surface area contributed by atoms with E-state index >= 15 is 0 Å². The molecule has 0 radical (unpaired) electrons. The Morgan fingerprint density at radius 1 is 1.12 bits per heavy atom. The van der Waals surface area contributed by atoms with Gasteiger partial charge >= 0.3 is 0 Å². The first-order valence-electron chi connectivity index (χ1n) is 6.53. The van der Waals surface area contributed by atoms with E-state index in [2.05, 4.69) is 11.9 Å². The average molecular weight is 253 g/mol. The molecule has 0 spiro atoms. The van der Waals surface area contributed by atoms with Crippen LogP contribution in [-0.2, 0) is 0 Å². The van der Waals surface area contributed by atoms with Crippen LogP contribution in [0.1, 0.15) is 51.1 Å². The molecule has 1 heterocycles.